The summed E-state index contributed by atoms with van der Waals surface area (Å²) in [6.45, 7) is 0. The van der Waals surface area contributed by atoms with E-state index in [-0.39, 0.29) is 5.91 Å². The molecule has 0 heterocycles. The summed E-state index contributed by atoms with van der Waals surface area (Å²) in [6.07, 6.45) is 1.56. The van der Waals surface area contributed by atoms with E-state index in [1.54, 1.807) is 30.5 Å². The molecule has 1 amide bonds. The molecule has 3 aromatic rings. The van der Waals surface area contributed by atoms with Crippen LogP contribution >= 0.6 is 11.6 Å². The van der Waals surface area contributed by atoms with Crippen LogP contribution in [0.1, 0.15) is 15.9 Å². The minimum absolute atomic E-state index is 0.301. The van der Waals surface area contributed by atoms with Crippen molar-refractivity contribution >= 4 is 23.7 Å². The maximum Gasteiger partial charge on any atom is 0.271 e. The van der Waals surface area contributed by atoms with Gasteiger partial charge in [0, 0.05) is 10.6 Å². The number of rotatable bonds is 5. The van der Waals surface area contributed by atoms with Gasteiger partial charge in [-0.2, -0.15) is 5.10 Å². The topological polar surface area (TPSA) is 50.7 Å². The largest absolute Gasteiger partial charge is 0.457 e. The highest BCUT2D eigenvalue weighted by molar-refractivity contribution is 6.30. The fourth-order valence-electron chi connectivity index (χ4n) is 2.11. The molecule has 0 radical (unpaired) electrons. The smallest absolute Gasteiger partial charge is 0.271 e. The van der Waals surface area contributed by atoms with Gasteiger partial charge in [-0.05, 0) is 54.1 Å². The van der Waals surface area contributed by atoms with Crippen molar-refractivity contribution in [1.29, 1.82) is 0 Å². The Bertz CT molecular complexity index is 878. The molecule has 0 bridgehead atoms. The van der Waals surface area contributed by atoms with Crippen LogP contribution in [0, 0.1) is 0 Å². The second-order valence-electron chi connectivity index (χ2n) is 5.19. The Labute approximate surface area is 150 Å². The lowest BCUT2D eigenvalue weighted by molar-refractivity contribution is 0.0955. The molecule has 3 aromatic carbocycles. The number of carbonyl (C=O) groups excluding carboxylic acids is 1. The van der Waals surface area contributed by atoms with Gasteiger partial charge in [-0.1, -0.05) is 41.9 Å². The summed E-state index contributed by atoms with van der Waals surface area (Å²) >= 11 is 5.80. The third kappa shape index (κ3) is 4.93. The fourth-order valence-corrected chi connectivity index (χ4v) is 2.24. The standard InChI is InChI=1S/C20H15ClN2O2/c21-17-11-9-16(10-12-17)20(24)23-22-14-15-5-4-8-19(13-15)25-18-6-2-1-3-7-18/h1-14H,(H,23,24). The van der Waals surface area contributed by atoms with Gasteiger partial charge in [0.15, 0.2) is 0 Å². The SMILES string of the molecule is O=C(NN=Cc1cccc(Oc2ccccc2)c1)c1ccc(Cl)cc1. The first kappa shape index (κ1) is 16.7. The number of hydrogen-bond acceptors (Lipinski definition) is 3. The second-order valence-corrected chi connectivity index (χ2v) is 5.63. The molecular weight excluding hydrogens is 336 g/mol. The van der Waals surface area contributed by atoms with E-state index in [4.69, 9.17) is 16.3 Å². The predicted octanol–water partition coefficient (Wildman–Crippen LogP) is 4.90. The molecule has 124 valence electrons. The van der Waals surface area contributed by atoms with Gasteiger partial charge < -0.3 is 4.74 Å². The van der Waals surface area contributed by atoms with Crippen LogP contribution < -0.4 is 10.2 Å². The lowest BCUT2D eigenvalue weighted by atomic mass is 10.2. The Morgan fingerprint density at radius 3 is 2.40 bits per heavy atom. The van der Waals surface area contributed by atoms with E-state index in [0.717, 1.165) is 11.3 Å². The second kappa shape index (κ2) is 8.13. The number of hydrogen-bond donors (Lipinski definition) is 1. The number of para-hydroxylation sites is 1. The summed E-state index contributed by atoms with van der Waals surface area (Å²) < 4.78 is 5.77. The lowest BCUT2D eigenvalue weighted by Gasteiger charge is -2.05. The molecular formula is C20H15ClN2O2. The van der Waals surface area contributed by atoms with E-state index in [1.165, 1.54) is 0 Å². The van der Waals surface area contributed by atoms with Crippen molar-refractivity contribution in [1.82, 2.24) is 5.43 Å². The van der Waals surface area contributed by atoms with Crippen LogP contribution in [0.2, 0.25) is 5.02 Å². The molecule has 0 aliphatic carbocycles. The van der Waals surface area contributed by atoms with Crippen molar-refractivity contribution in [2.45, 2.75) is 0 Å². The van der Waals surface area contributed by atoms with Gasteiger partial charge >= 0.3 is 0 Å². The molecule has 0 saturated heterocycles. The lowest BCUT2D eigenvalue weighted by Crippen LogP contribution is -2.17. The predicted molar refractivity (Wildman–Crippen MR) is 99.5 cm³/mol. The van der Waals surface area contributed by atoms with Crippen LogP contribution in [-0.4, -0.2) is 12.1 Å². The number of benzene rings is 3. The molecule has 0 fully saturated rings. The van der Waals surface area contributed by atoms with E-state index < -0.39 is 0 Å². The molecule has 0 aliphatic rings. The van der Waals surface area contributed by atoms with Crippen LogP contribution in [-0.2, 0) is 0 Å². The molecule has 5 heteroatoms. The molecule has 1 N–H and O–H groups in total. The number of nitrogens with one attached hydrogen (secondary N) is 1. The Kier molecular flexibility index (Phi) is 5.44. The summed E-state index contributed by atoms with van der Waals surface area (Å²) in [4.78, 5) is 12.0. The molecule has 25 heavy (non-hydrogen) atoms. The maximum atomic E-state index is 12.0. The Morgan fingerprint density at radius 1 is 0.920 bits per heavy atom. The van der Waals surface area contributed by atoms with Gasteiger partial charge in [0.05, 0.1) is 6.21 Å². The summed E-state index contributed by atoms with van der Waals surface area (Å²) in [7, 11) is 0. The quantitative estimate of drug-likeness (QED) is 0.525. The Balaban J connectivity index is 1.62. The van der Waals surface area contributed by atoms with Crippen LogP contribution in [0.4, 0.5) is 0 Å². The first-order chi connectivity index (χ1) is 12.2. The number of nitrogens with zero attached hydrogens (tertiary/aromatic N) is 1. The first-order valence-electron chi connectivity index (χ1n) is 7.63. The van der Waals surface area contributed by atoms with E-state index in [2.05, 4.69) is 10.5 Å². The van der Waals surface area contributed by atoms with Crippen molar-refractivity contribution < 1.29 is 9.53 Å². The zero-order valence-electron chi connectivity index (χ0n) is 13.2. The van der Waals surface area contributed by atoms with E-state index in [0.29, 0.717) is 16.3 Å². The zero-order valence-corrected chi connectivity index (χ0v) is 14.0. The van der Waals surface area contributed by atoms with Crippen molar-refractivity contribution in [3.05, 3.63) is 95.0 Å². The van der Waals surface area contributed by atoms with Gasteiger partial charge in [0.2, 0.25) is 0 Å². The van der Waals surface area contributed by atoms with Crippen LogP contribution in [0.25, 0.3) is 0 Å². The summed E-state index contributed by atoms with van der Waals surface area (Å²) in [5.41, 5.74) is 3.78. The maximum absolute atomic E-state index is 12.0. The normalized spacial score (nSPS) is 10.6. The average Bonchev–Trinajstić information content (AvgIpc) is 2.63. The summed E-state index contributed by atoms with van der Waals surface area (Å²) in [6, 6.07) is 23.5. The van der Waals surface area contributed by atoms with Crippen molar-refractivity contribution in [3.63, 3.8) is 0 Å². The minimum atomic E-state index is -0.301. The van der Waals surface area contributed by atoms with E-state index >= 15 is 0 Å². The molecule has 0 spiro atoms. The summed E-state index contributed by atoms with van der Waals surface area (Å²) in [5.74, 6) is 1.15. The van der Waals surface area contributed by atoms with Crippen molar-refractivity contribution in [2.75, 3.05) is 0 Å². The van der Waals surface area contributed by atoms with Crippen LogP contribution in [0.3, 0.4) is 0 Å². The third-order valence-corrected chi connectivity index (χ3v) is 3.58. The van der Waals surface area contributed by atoms with Crippen LogP contribution in [0.5, 0.6) is 11.5 Å². The van der Waals surface area contributed by atoms with Crippen molar-refractivity contribution in [2.24, 2.45) is 5.10 Å². The van der Waals surface area contributed by atoms with Crippen LogP contribution in [0.15, 0.2) is 84.0 Å². The Morgan fingerprint density at radius 2 is 1.64 bits per heavy atom. The monoisotopic (exact) mass is 350 g/mol. The number of hydrazone groups is 1. The third-order valence-electron chi connectivity index (χ3n) is 3.32. The van der Waals surface area contributed by atoms with Gasteiger partial charge in [-0.15, -0.1) is 0 Å². The summed E-state index contributed by atoms with van der Waals surface area (Å²) in [5, 5.41) is 4.55. The highest BCUT2D eigenvalue weighted by atomic mass is 35.5. The van der Waals surface area contributed by atoms with Gasteiger partial charge in [-0.25, -0.2) is 5.43 Å². The van der Waals surface area contributed by atoms with E-state index in [9.17, 15) is 4.79 Å². The number of amides is 1. The molecule has 0 unspecified atom stereocenters. The fraction of sp³-hybridized carbons (Fsp3) is 0. The van der Waals surface area contributed by atoms with Crippen molar-refractivity contribution in [3.8, 4) is 11.5 Å². The number of ether oxygens (including phenoxy) is 1. The molecule has 3 rings (SSSR count). The zero-order chi connectivity index (χ0) is 17.5. The average molecular weight is 351 g/mol. The first-order valence-corrected chi connectivity index (χ1v) is 8.00. The molecule has 0 aliphatic heterocycles. The number of halogens is 1. The highest BCUT2D eigenvalue weighted by Gasteiger charge is 2.03. The molecule has 0 atom stereocenters. The molecule has 4 nitrogen and oxygen atoms in total. The Hall–Kier alpha value is -3.11. The number of carbonyl (C=O) groups is 1. The molecule has 0 saturated carbocycles. The van der Waals surface area contributed by atoms with Gasteiger partial charge in [0.25, 0.3) is 5.91 Å². The minimum Gasteiger partial charge on any atom is -0.457 e. The molecule has 0 aromatic heterocycles. The van der Waals surface area contributed by atoms with Gasteiger partial charge in [0.1, 0.15) is 11.5 Å². The van der Waals surface area contributed by atoms with Gasteiger partial charge in [-0.3, -0.25) is 4.79 Å². The highest BCUT2D eigenvalue weighted by Crippen LogP contribution is 2.21. The van der Waals surface area contributed by atoms with E-state index in [1.807, 2.05) is 54.6 Å².